The molecule has 4 nitrogen and oxygen atoms in total. The third kappa shape index (κ3) is 4.31. The third-order valence-corrected chi connectivity index (χ3v) is 4.75. The zero-order chi connectivity index (χ0) is 16.2. The van der Waals surface area contributed by atoms with Crippen molar-refractivity contribution in [3.05, 3.63) is 52.8 Å². The second-order valence-electron chi connectivity index (χ2n) is 6.19. The number of hydrogen-bond donors (Lipinski definition) is 1. The highest BCUT2D eigenvalue weighted by molar-refractivity contribution is 6.31. The summed E-state index contributed by atoms with van der Waals surface area (Å²) < 4.78 is 15.2. The van der Waals surface area contributed by atoms with Gasteiger partial charge in [-0.1, -0.05) is 17.7 Å². The Morgan fingerprint density at radius 2 is 2.30 bits per heavy atom. The molecule has 0 aliphatic carbocycles. The standard InChI is InChI=1S/C17H22ClFN4/c1-22-12-20-8-16(22)9-21-15-3-2-6-23(11-15)10-13-4-5-14(19)7-17(13)18/h4-5,7-8,12,15,21H,2-3,6,9-11H2,1H3. The van der Waals surface area contributed by atoms with Crippen LogP contribution in [0.4, 0.5) is 4.39 Å². The molecule has 1 aliphatic rings. The third-order valence-electron chi connectivity index (χ3n) is 4.40. The van der Waals surface area contributed by atoms with Gasteiger partial charge in [0.15, 0.2) is 0 Å². The van der Waals surface area contributed by atoms with Gasteiger partial charge in [0, 0.05) is 43.9 Å². The number of halogens is 2. The van der Waals surface area contributed by atoms with Gasteiger partial charge in [0.25, 0.3) is 0 Å². The van der Waals surface area contributed by atoms with E-state index >= 15 is 0 Å². The molecule has 1 saturated heterocycles. The number of benzene rings is 1. The highest BCUT2D eigenvalue weighted by Crippen LogP contribution is 2.21. The fourth-order valence-corrected chi connectivity index (χ4v) is 3.29. The van der Waals surface area contributed by atoms with E-state index in [9.17, 15) is 4.39 Å². The van der Waals surface area contributed by atoms with Crippen LogP contribution in [0.3, 0.4) is 0 Å². The Bertz CT molecular complexity index is 658. The summed E-state index contributed by atoms with van der Waals surface area (Å²) >= 11 is 6.14. The van der Waals surface area contributed by atoms with Crippen molar-refractivity contribution >= 4 is 11.6 Å². The summed E-state index contributed by atoms with van der Waals surface area (Å²) in [6, 6.07) is 5.10. The summed E-state index contributed by atoms with van der Waals surface area (Å²) in [5.41, 5.74) is 2.17. The maximum atomic E-state index is 13.1. The van der Waals surface area contributed by atoms with Gasteiger partial charge in [-0.2, -0.15) is 0 Å². The molecular weight excluding hydrogens is 315 g/mol. The molecule has 124 valence electrons. The Balaban J connectivity index is 1.54. The van der Waals surface area contributed by atoms with Gasteiger partial charge in [0.05, 0.1) is 12.0 Å². The Kier molecular flexibility index (Phi) is 5.30. The van der Waals surface area contributed by atoms with E-state index in [-0.39, 0.29) is 5.82 Å². The Labute approximate surface area is 141 Å². The van der Waals surface area contributed by atoms with Gasteiger partial charge in [0.1, 0.15) is 5.82 Å². The van der Waals surface area contributed by atoms with Crippen LogP contribution in [-0.4, -0.2) is 33.6 Å². The number of likely N-dealkylation sites (tertiary alicyclic amines) is 1. The smallest absolute Gasteiger partial charge is 0.124 e. The van der Waals surface area contributed by atoms with E-state index in [0.717, 1.165) is 38.2 Å². The van der Waals surface area contributed by atoms with Gasteiger partial charge >= 0.3 is 0 Å². The lowest BCUT2D eigenvalue weighted by Gasteiger charge is -2.33. The van der Waals surface area contributed by atoms with E-state index in [1.807, 2.05) is 24.1 Å². The van der Waals surface area contributed by atoms with Crippen LogP contribution in [0.25, 0.3) is 0 Å². The average Bonchev–Trinajstić information content (AvgIpc) is 2.94. The van der Waals surface area contributed by atoms with Crippen LogP contribution in [0.2, 0.25) is 5.02 Å². The number of aromatic nitrogens is 2. The fraction of sp³-hybridized carbons (Fsp3) is 0.471. The van der Waals surface area contributed by atoms with Crippen LogP contribution in [0.1, 0.15) is 24.1 Å². The molecule has 1 aromatic heterocycles. The Morgan fingerprint density at radius 3 is 3.04 bits per heavy atom. The number of aryl methyl sites for hydroxylation is 1. The highest BCUT2D eigenvalue weighted by Gasteiger charge is 2.20. The Hall–Kier alpha value is -1.43. The number of nitrogens with zero attached hydrogens (tertiary/aromatic N) is 3. The van der Waals surface area contributed by atoms with E-state index in [1.165, 1.54) is 24.2 Å². The molecule has 0 spiro atoms. The van der Waals surface area contributed by atoms with E-state index < -0.39 is 0 Å². The van der Waals surface area contributed by atoms with Crippen LogP contribution >= 0.6 is 11.6 Å². The second-order valence-corrected chi connectivity index (χ2v) is 6.59. The number of rotatable bonds is 5. The van der Waals surface area contributed by atoms with Crippen molar-refractivity contribution in [2.24, 2.45) is 7.05 Å². The highest BCUT2D eigenvalue weighted by atomic mass is 35.5. The normalized spacial score (nSPS) is 19.2. The van der Waals surface area contributed by atoms with E-state index in [0.29, 0.717) is 11.1 Å². The van der Waals surface area contributed by atoms with Crippen molar-refractivity contribution in [3.8, 4) is 0 Å². The largest absolute Gasteiger partial charge is 0.337 e. The van der Waals surface area contributed by atoms with Gasteiger partial charge in [0.2, 0.25) is 0 Å². The van der Waals surface area contributed by atoms with Crippen molar-refractivity contribution in [1.82, 2.24) is 19.8 Å². The lowest BCUT2D eigenvalue weighted by molar-refractivity contribution is 0.182. The van der Waals surface area contributed by atoms with E-state index in [1.54, 1.807) is 6.07 Å². The molecule has 1 aliphatic heterocycles. The summed E-state index contributed by atoms with van der Waals surface area (Å²) in [6.45, 7) is 3.62. The predicted molar refractivity (Wildman–Crippen MR) is 89.8 cm³/mol. The quantitative estimate of drug-likeness (QED) is 0.911. The lowest BCUT2D eigenvalue weighted by Crippen LogP contribution is -2.45. The molecule has 2 heterocycles. The monoisotopic (exact) mass is 336 g/mol. The van der Waals surface area contributed by atoms with Crippen molar-refractivity contribution in [1.29, 1.82) is 0 Å². The fourth-order valence-electron chi connectivity index (χ4n) is 3.06. The van der Waals surface area contributed by atoms with Crippen LogP contribution in [0.5, 0.6) is 0 Å². The summed E-state index contributed by atoms with van der Waals surface area (Å²) in [5, 5.41) is 4.12. The van der Waals surface area contributed by atoms with Gasteiger partial charge in [-0.25, -0.2) is 9.37 Å². The molecule has 1 atom stereocenters. The van der Waals surface area contributed by atoms with Crippen molar-refractivity contribution in [3.63, 3.8) is 0 Å². The van der Waals surface area contributed by atoms with Gasteiger partial charge in [-0.3, -0.25) is 4.90 Å². The summed E-state index contributed by atoms with van der Waals surface area (Å²) in [7, 11) is 2.01. The molecule has 0 amide bonds. The summed E-state index contributed by atoms with van der Waals surface area (Å²) in [4.78, 5) is 6.52. The molecule has 1 N–H and O–H groups in total. The molecule has 1 aromatic carbocycles. The molecule has 23 heavy (non-hydrogen) atoms. The van der Waals surface area contributed by atoms with Crippen LogP contribution in [0, 0.1) is 5.82 Å². The van der Waals surface area contributed by atoms with Gasteiger partial charge in [-0.05, 0) is 37.1 Å². The molecule has 0 radical (unpaired) electrons. The van der Waals surface area contributed by atoms with Crippen molar-refractivity contribution in [2.75, 3.05) is 13.1 Å². The van der Waals surface area contributed by atoms with Crippen LogP contribution in [0.15, 0.2) is 30.7 Å². The molecule has 0 bridgehead atoms. The first-order chi connectivity index (χ1) is 11.1. The molecule has 0 saturated carbocycles. The zero-order valence-electron chi connectivity index (χ0n) is 13.3. The molecule has 3 rings (SSSR count). The van der Waals surface area contributed by atoms with Crippen LogP contribution in [-0.2, 0) is 20.1 Å². The number of imidazole rings is 1. The first kappa shape index (κ1) is 16.4. The predicted octanol–water partition coefficient (Wildman–Crippen LogP) is 2.97. The SMILES string of the molecule is Cn1cncc1CNC1CCCN(Cc2ccc(F)cc2Cl)C1. The Morgan fingerprint density at radius 1 is 1.43 bits per heavy atom. The van der Waals surface area contributed by atoms with Gasteiger partial charge in [-0.15, -0.1) is 0 Å². The summed E-state index contributed by atoms with van der Waals surface area (Å²) in [6.07, 6.45) is 6.04. The minimum Gasteiger partial charge on any atom is -0.337 e. The first-order valence-electron chi connectivity index (χ1n) is 7.96. The lowest BCUT2D eigenvalue weighted by atomic mass is 10.0. The maximum Gasteiger partial charge on any atom is 0.124 e. The topological polar surface area (TPSA) is 33.1 Å². The second kappa shape index (κ2) is 7.43. The minimum absolute atomic E-state index is 0.284. The van der Waals surface area contributed by atoms with Crippen molar-refractivity contribution < 1.29 is 4.39 Å². The van der Waals surface area contributed by atoms with Crippen molar-refractivity contribution in [2.45, 2.75) is 32.0 Å². The zero-order valence-corrected chi connectivity index (χ0v) is 14.1. The molecular formula is C17H22ClFN4. The van der Waals surface area contributed by atoms with E-state index in [2.05, 4.69) is 15.2 Å². The molecule has 1 fully saturated rings. The number of nitrogens with one attached hydrogen (secondary N) is 1. The summed E-state index contributed by atoms with van der Waals surface area (Å²) in [5.74, 6) is -0.284. The number of piperidine rings is 1. The van der Waals surface area contributed by atoms with E-state index in [4.69, 9.17) is 11.6 Å². The molecule has 1 unspecified atom stereocenters. The maximum absolute atomic E-state index is 13.1. The molecule has 2 aromatic rings. The molecule has 6 heteroatoms. The minimum atomic E-state index is -0.284. The number of hydrogen-bond acceptors (Lipinski definition) is 3. The average molecular weight is 337 g/mol. The first-order valence-corrected chi connectivity index (χ1v) is 8.34. The van der Waals surface area contributed by atoms with Gasteiger partial charge < -0.3 is 9.88 Å². The van der Waals surface area contributed by atoms with Crippen LogP contribution < -0.4 is 5.32 Å².